The number of anilines is 1. The number of nitrogens with one attached hydrogen (secondary N) is 1. The van der Waals surface area contributed by atoms with Crippen molar-refractivity contribution in [2.24, 2.45) is 0 Å². The molecule has 0 saturated carbocycles. The summed E-state index contributed by atoms with van der Waals surface area (Å²) in [5.74, 6) is -0.386. The molecule has 136 valence electrons. The Kier molecular flexibility index (Phi) is 4.58. The molecule has 0 fully saturated rings. The Hall–Kier alpha value is -2.86. The molecule has 2 heterocycles. The molecule has 0 spiro atoms. The van der Waals surface area contributed by atoms with E-state index in [9.17, 15) is 9.59 Å². The summed E-state index contributed by atoms with van der Waals surface area (Å²) in [6.45, 7) is 1.93. The average Bonchev–Trinajstić information content (AvgIpc) is 3.03. The van der Waals surface area contributed by atoms with Crippen LogP contribution in [0.25, 0.3) is 0 Å². The van der Waals surface area contributed by atoms with E-state index in [-0.39, 0.29) is 24.1 Å². The zero-order valence-electron chi connectivity index (χ0n) is 14.6. The average molecular weight is 425 g/mol. The summed E-state index contributed by atoms with van der Waals surface area (Å²) >= 11 is 3.23. The maximum absolute atomic E-state index is 13.2. The highest BCUT2D eigenvalue weighted by Gasteiger charge is 2.35. The Balaban J connectivity index is 1.89. The van der Waals surface area contributed by atoms with Gasteiger partial charge < -0.3 is 14.6 Å². The highest BCUT2D eigenvalue weighted by atomic mass is 79.9. The van der Waals surface area contributed by atoms with E-state index in [1.54, 1.807) is 17.0 Å². The van der Waals surface area contributed by atoms with Crippen molar-refractivity contribution in [3.05, 3.63) is 87.8 Å². The first-order valence-corrected chi connectivity index (χ1v) is 9.34. The van der Waals surface area contributed by atoms with E-state index in [4.69, 9.17) is 4.42 Å². The topological polar surface area (TPSA) is 62.6 Å². The predicted octanol–water partition coefficient (Wildman–Crippen LogP) is 4.53. The molecule has 4 rings (SSSR count). The van der Waals surface area contributed by atoms with Crippen LogP contribution in [0.3, 0.4) is 0 Å². The SMILES string of the molecule is Cc1ccc2c(c1)[C@@H](c1ccccc1)N(C(=O)c1ccc(Br)o1)CC(=O)N2. The minimum atomic E-state index is -0.406. The van der Waals surface area contributed by atoms with Gasteiger partial charge in [0, 0.05) is 11.3 Å². The van der Waals surface area contributed by atoms with Gasteiger partial charge in [-0.05, 0) is 46.6 Å². The van der Waals surface area contributed by atoms with Gasteiger partial charge >= 0.3 is 0 Å². The molecule has 0 bridgehead atoms. The number of hydrogen-bond donors (Lipinski definition) is 1. The molecule has 2 aromatic carbocycles. The summed E-state index contributed by atoms with van der Waals surface area (Å²) in [5.41, 5.74) is 3.58. The third kappa shape index (κ3) is 3.40. The molecule has 0 radical (unpaired) electrons. The summed E-state index contributed by atoms with van der Waals surface area (Å²) in [6, 6.07) is 18.4. The van der Waals surface area contributed by atoms with Crippen molar-refractivity contribution >= 4 is 33.4 Å². The molecular formula is C21H17BrN2O3. The maximum atomic E-state index is 13.2. The lowest BCUT2D eigenvalue weighted by atomic mass is 9.94. The Morgan fingerprint density at radius 1 is 1.15 bits per heavy atom. The van der Waals surface area contributed by atoms with Crippen molar-refractivity contribution in [1.29, 1.82) is 0 Å². The second-order valence-corrected chi connectivity index (χ2v) is 7.27. The molecule has 1 atom stereocenters. The largest absolute Gasteiger partial charge is 0.444 e. The van der Waals surface area contributed by atoms with Gasteiger partial charge in [0.25, 0.3) is 5.91 Å². The third-order valence-electron chi connectivity index (χ3n) is 4.56. The number of aryl methyl sites for hydroxylation is 1. The number of halogens is 1. The lowest BCUT2D eigenvalue weighted by Crippen LogP contribution is -2.38. The van der Waals surface area contributed by atoms with Gasteiger partial charge in [0.2, 0.25) is 5.91 Å². The number of rotatable bonds is 2. The molecule has 1 aromatic heterocycles. The fraction of sp³-hybridized carbons (Fsp3) is 0.143. The normalized spacial score (nSPS) is 16.4. The molecule has 1 aliphatic heterocycles. The number of amides is 2. The molecule has 5 nitrogen and oxygen atoms in total. The fourth-order valence-corrected chi connectivity index (χ4v) is 3.69. The first-order chi connectivity index (χ1) is 13.0. The first-order valence-electron chi connectivity index (χ1n) is 8.54. The Bertz CT molecular complexity index is 1010. The number of fused-ring (bicyclic) bond motifs is 1. The molecule has 6 heteroatoms. The number of benzene rings is 2. The van der Waals surface area contributed by atoms with Crippen LogP contribution in [0.2, 0.25) is 0 Å². The number of furan rings is 1. The third-order valence-corrected chi connectivity index (χ3v) is 4.99. The summed E-state index contributed by atoms with van der Waals surface area (Å²) in [6.07, 6.45) is 0. The Morgan fingerprint density at radius 2 is 1.93 bits per heavy atom. The Morgan fingerprint density at radius 3 is 2.63 bits per heavy atom. The monoisotopic (exact) mass is 424 g/mol. The van der Waals surface area contributed by atoms with Crippen LogP contribution in [-0.2, 0) is 4.79 Å². The minimum Gasteiger partial charge on any atom is -0.444 e. The summed E-state index contributed by atoms with van der Waals surface area (Å²) < 4.78 is 5.93. The van der Waals surface area contributed by atoms with Crippen LogP contribution in [0.4, 0.5) is 5.69 Å². The van der Waals surface area contributed by atoms with E-state index in [0.717, 1.165) is 22.4 Å². The maximum Gasteiger partial charge on any atom is 0.290 e. The van der Waals surface area contributed by atoms with E-state index >= 15 is 0 Å². The van der Waals surface area contributed by atoms with Crippen molar-refractivity contribution in [2.45, 2.75) is 13.0 Å². The molecule has 0 unspecified atom stereocenters. The van der Waals surface area contributed by atoms with Gasteiger partial charge in [-0.25, -0.2) is 0 Å². The van der Waals surface area contributed by atoms with Gasteiger partial charge in [-0.2, -0.15) is 0 Å². The number of hydrogen-bond acceptors (Lipinski definition) is 3. The van der Waals surface area contributed by atoms with Crippen molar-refractivity contribution < 1.29 is 14.0 Å². The van der Waals surface area contributed by atoms with E-state index in [0.29, 0.717) is 4.67 Å². The second-order valence-electron chi connectivity index (χ2n) is 6.49. The fourth-order valence-electron chi connectivity index (χ4n) is 3.38. The number of carbonyl (C=O) groups excluding carboxylic acids is 2. The minimum absolute atomic E-state index is 0.0650. The molecular weight excluding hydrogens is 408 g/mol. The van der Waals surface area contributed by atoms with E-state index < -0.39 is 6.04 Å². The van der Waals surface area contributed by atoms with Gasteiger partial charge in [-0.1, -0.05) is 48.0 Å². The predicted molar refractivity (Wildman–Crippen MR) is 106 cm³/mol. The van der Waals surface area contributed by atoms with Crippen LogP contribution in [-0.4, -0.2) is 23.3 Å². The second kappa shape index (κ2) is 7.04. The zero-order chi connectivity index (χ0) is 19.0. The van der Waals surface area contributed by atoms with E-state index in [2.05, 4.69) is 21.2 Å². The van der Waals surface area contributed by atoms with Crippen molar-refractivity contribution in [3.63, 3.8) is 0 Å². The van der Waals surface area contributed by atoms with E-state index in [1.165, 1.54) is 0 Å². The zero-order valence-corrected chi connectivity index (χ0v) is 16.2. The van der Waals surface area contributed by atoms with Gasteiger partial charge in [0.1, 0.15) is 6.54 Å². The van der Waals surface area contributed by atoms with Gasteiger partial charge in [-0.3, -0.25) is 9.59 Å². The van der Waals surface area contributed by atoms with Crippen molar-refractivity contribution in [3.8, 4) is 0 Å². The van der Waals surface area contributed by atoms with Crippen LogP contribution in [0.5, 0.6) is 0 Å². The quantitative estimate of drug-likeness (QED) is 0.656. The number of nitrogens with zero attached hydrogens (tertiary/aromatic N) is 1. The van der Waals surface area contributed by atoms with E-state index in [1.807, 2.05) is 55.5 Å². The smallest absolute Gasteiger partial charge is 0.290 e. The van der Waals surface area contributed by atoms with Crippen LogP contribution in [0.1, 0.15) is 33.3 Å². The lowest BCUT2D eigenvalue weighted by molar-refractivity contribution is -0.117. The molecule has 2 amide bonds. The van der Waals surface area contributed by atoms with Crippen LogP contribution >= 0.6 is 15.9 Å². The van der Waals surface area contributed by atoms with Crippen LogP contribution in [0.15, 0.2) is 69.8 Å². The van der Waals surface area contributed by atoms with Gasteiger partial charge in [0.05, 0.1) is 6.04 Å². The summed E-state index contributed by atoms with van der Waals surface area (Å²) in [4.78, 5) is 27.3. The van der Waals surface area contributed by atoms with Gasteiger partial charge in [0.15, 0.2) is 10.4 Å². The summed E-state index contributed by atoms with van der Waals surface area (Å²) in [7, 11) is 0. The molecule has 27 heavy (non-hydrogen) atoms. The summed E-state index contributed by atoms with van der Waals surface area (Å²) in [5, 5.41) is 2.92. The van der Waals surface area contributed by atoms with Crippen LogP contribution in [0, 0.1) is 6.92 Å². The molecule has 3 aromatic rings. The standard InChI is InChI=1S/C21H17BrN2O3/c1-13-7-8-16-15(11-13)20(14-5-3-2-4-6-14)24(12-19(25)23-16)21(26)17-9-10-18(22)27-17/h2-11,20H,12H2,1H3,(H,23,25)/t20-/m1/s1. The van der Waals surface area contributed by atoms with Crippen molar-refractivity contribution in [1.82, 2.24) is 4.90 Å². The highest BCUT2D eigenvalue weighted by molar-refractivity contribution is 9.10. The molecule has 1 N–H and O–H groups in total. The van der Waals surface area contributed by atoms with Crippen molar-refractivity contribution in [2.75, 3.05) is 11.9 Å². The first kappa shape index (κ1) is 17.5. The lowest BCUT2D eigenvalue weighted by Gasteiger charge is -2.30. The van der Waals surface area contributed by atoms with Crippen LogP contribution < -0.4 is 5.32 Å². The highest BCUT2D eigenvalue weighted by Crippen LogP contribution is 2.37. The Labute approximate surface area is 165 Å². The van der Waals surface area contributed by atoms with Gasteiger partial charge in [-0.15, -0.1) is 0 Å². The molecule has 0 saturated heterocycles. The molecule has 0 aliphatic carbocycles. The molecule has 1 aliphatic rings. The number of carbonyl (C=O) groups is 2.